The average Bonchev–Trinajstić information content (AvgIpc) is 3.44. The molecule has 1 aliphatic heterocycles. The van der Waals surface area contributed by atoms with Crippen LogP contribution in [-0.4, -0.2) is 17.4 Å². The number of pyridine rings is 1. The number of nitrogens with one attached hydrogen (secondary N) is 1. The zero-order valence-corrected chi connectivity index (χ0v) is 15.8. The van der Waals surface area contributed by atoms with Crippen molar-refractivity contribution >= 4 is 28.1 Å². The Morgan fingerprint density at radius 3 is 2.82 bits per heavy atom. The summed E-state index contributed by atoms with van der Waals surface area (Å²) in [4.78, 5) is 11.0. The third kappa shape index (κ3) is 2.67. The van der Waals surface area contributed by atoms with E-state index in [1.807, 2.05) is 42.6 Å². The Hall–Kier alpha value is -3.49. The van der Waals surface area contributed by atoms with E-state index in [1.165, 1.54) is 4.88 Å². The average molecular weight is 380 g/mol. The van der Waals surface area contributed by atoms with Crippen LogP contribution in [0.25, 0.3) is 10.9 Å². The number of rotatable bonds is 3. The number of hydrogen-bond donors (Lipinski definition) is 1. The highest BCUT2D eigenvalue weighted by molar-refractivity contribution is 7.10. The number of amidine groups is 1. The Bertz CT molecular complexity index is 1240. The summed E-state index contributed by atoms with van der Waals surface area (Å²) in [5, 5.41) is 15.9. The molecule has 0 radical (unpaired) electrons. The maximum atomic E-state index is 9.22. The maximum Gasteiger partial charge on any atom is 0.141 e. The second-order valence-corrected chi connectivity index (χ2v) is 7.71. The van der Waals surface area contributed by atoms with Crippen LogP contribution in [0, 0.1) is 11.3 Å². The zero-order chi connectivity index (χ0) is 19.0. The number of nitriles is 1. The predicted octanol–water partition coefficient (Wildman–Crippen LogP) is 4.46. The molecule has 1 N–H and O–H groups in total. The summed E-state index contributed by atoms with van der Waals surface area (Å²) in [5.74, 6) is 0.804. The van der Waals surface area contributed by atoms with Crippen LogP contribution >= 0.6 is 11.3 Å². The van der Waals surface area contributed by atoms with Crippen LogP contribution in [0.2, 0.25) is 0 Å². The smallest absolute Gasteiger partial charge is 0.141 e. The summed E-state index contributed by atoms with van der Waals surface area (Å²) in [6.07, 6.45) is 1.93. The Morgan fingerprint density at radius 2 is 1.96 bits per heavy atom. The van der Waals surface area contributed by atoms with Gasteiger partial charge in [-0.05, 0) is 35.7 Å². The molecule has 2 aromatic carbocycles. The van der Waals surface area contributed by atoms with Crippen LogP contribution in [0.5, 0.6) is 0 Å². The minimum atomic E-state index is -0.525. The Kier molecular flexibility index (Phi) is 3.92. The van der Waals surface area contributed by atoms with E-state index in [2.05, 4.69) is 46.0 Å². The van der Waals surface area contributed by atoms with Crippen LogP contribution in [0.15, 0.2) is 83.3 Å². The summed E-state index contributed by atoms with van der Waals surface area (Å²) in [6.45, 7) is 0.652. The van der Waals surface area contributed by atoms with Crippen LogP contribution in [0.3, 0.4) is 0 Å². The van der Waals surface area contributed by atoms with Gasteiger partial charge in [-0.25, -0.2) is 4.99 Å². The van der Waals surface area contributed by atoms with E-state index in [-0.39, 0.29) is 0 Å². The molecule has 28 heavy (non-hydrogen) atoms. The van der Waals surface area contributed by atoms with Gasteiger partial charge in [-0.1, -0.05) is 36.4 Å². The van der Waals surface area contributed by atoms with E-state index < -0.39 is 5.54 Å². The third-order valence-corrected chi connectivity index (χ3v) is 6.10. The Morgan fingerprint density at radius 1 is 1.04 bits per heavy atom. The van der Waals surface area contributed by atoms with E-state index in [9.17, 15) is 5.26 Å². The first-order valence-corrected chi connectivity index (χ1v) is 9.90. The van der Waals surface area contributed by atoms with Crippen molar-refractivity contribution in [1.29, 1.82) is 5.26 Å². The number of hydrogen-bond acceptors (Lipinski definition) is 5. The van der Waals surface area contributed by atoms with E-state index in [4.69, 9.17) is 4.99 Å². The fourth-order valence-electron chi connectivity index (χ4n) is 3.65. The summed E-state index contributed by atoms with van der Waals surface area (Å²) in [7, 11) is 0. The topological polar surface area (TPSA) is 61.1 Å². The van der Waals surface area contributed by atoms with Gasteiger partial charge < -0.3 is 5.32 Å². The van der Waals surface area contributed by atoms with Gasteiger partial charge in [0.15, 0.2) is 0 Å². The lowest BCUT2D eigenvalue weighted by atomic mass is 9.90. The van der Waals surface area contributed by atoms with E-state index in [1.54, 1.807) is 17.4 Å². The van der Waals surface area contributed by atoms with E-state index in [0.717, 1.165) is 27.9 Å². The van der Waals surface area contributed by atoms with Crippen molar-refractivity contribution in [2.45, 2.75) is 5.54 Å². The molecule has 1 atom stereocenters. The van der Waals surface area contributed by atoms with Crippen molar-refractivity contribution in [2.24, 2.45) is 4.99 Å². The first-order valence-electron chi connectivity index (χ1n) is 9.02. The fourth-order valence-corrected chi connectivity index (χ4v) is 4.54. The van der Waals surface area contributed by atoms with Crippen molar-refractivity contribution in [2.75, 3.05) is 6.54 Å². The molecular formula is C23H16N4S. The molecule has 4 nitrogen and oxygen atoms in total. The van der Waals surface area contributed by atoms with Crippen molar-refractivity contribution < 1.29 is 0 Å². The highest BCUT2D eigenvalue weighted by Gasteiger charge is 2.40. The molecule has 1 aliphatic rings. The molecule has 4 aromatic rings. The predicted molar refractivity (Wildman–Crippen MR) is 113 cm³/mol. The summed E-state index contributed by atoms with van der Waals surface area (Å²) in [6, 6.07) is 24.2. The second-order valence-electron chi connectivity index (χ2n) is 6.76. The van der Waals surface area contributed by atoms with Crippen molar-refractivity contribution in [3.63, 3.8) is 0 Å². The number of nitrogens with zero attached hydrogens (tertiary/aromatic N) is 3. The standard InChI is InChI=1S/C23H16N4S/c24-13-16-5-3-7-18(11-16)22-26-15-23(27-22,21-9-4-10-28-21)19-12-17-6-1-2-8-20(17)25-14-19/h1-12,14H,15H2,(H,26,27). The van der Waals surface area contributed by atoms with Crippen LogP contribution < -0.4 is 5.32 Å². The number of aromatic nitrogens is 1. The number of benzene rings is 2. The SMILES string of the molecule is N#Cc1cccc(C2=NC(c3cnc4ccccc4c3)(c3cccs3)CN2)c1. The molecule has 0 amide bonds. The van der Waals surface area contributed by atoms with Crippen molar-refractivity contribution in [3.05, 3.63) is 99.9 Å². The minimum Gasteiger partial charge on any atom is -0.367 e. The Balaban J connectivity index is 1.68. The van der Waals surface area contributed by atoms with Crippen LogP contribution in [0.4, 0.5) is 0 Å². The monoisotopic (exact) mass is 380 g/mol. The second kappa shape index (κ2) is 6.59. The molecule has 134 valence electrons. The van der Waals surface area contributed by atoms with Crippen molar-refractivity contribution in [1.82, 2.24) is 10.3 Å². The van der Waals surface area contributed by atoms with Gasteiger partial charge in [-0.3, -0.25) is 4.98 Å². The Labute approximate surface area is 166 Å². The summed E-state index contributed by atoms with van der Waals surface area (Å²) < 4.78 is 0. The molecule has 5 heteroatoms. The van der Waals surface area contributed by atoms with Gasteiger partial charge >= 0.3 is 0 Å². The van der Waals surface area contributed by atoms with Crippen LogP contribution in [-0.2, 0) is 5.54 Å². The quantitative estimate of drug-likeness (QED) is 0.571. The molecule has 0 spiro atoms. The molecule has 2 aromatic heterocycles. The van der Waals surface area contributed by atoms with Gasteiger partial charge in [-0.2, -0.15) is 5.26 Å². The highest BCUT2D eigenvalue weighted by Crippen LogP contribution is 2.39. The van der Waals surface area contributed by atoms with Gasteiger partial charge in [-0.15, -0.1) is 11.3 Å². The molecule has 0 saturated heterocycles. The number of aliphatic imine (C=N–C) groups is 1. The first-order chi connectivity index (χ1) is 13.8. The van der Waals surface area contributed by atoms with E-state index >= 15 is 0 Å². The number of thiophene rings is 1. The van der Waals surface area contributed by atoms with Gasteiger partial charge in [0.2, 0.25) is 0 Å². The molecule has 3 heterocycles. The lowest BCUT2D eigenvalue weighted by Crippen LogP contribution is -2.31. The number of para-hydroxylation sites is 1. The van der Waals surface area contributed by atoms with Crippen molar-refractivity contribution in [3.8, 4) is 6.07 Å². The minimum absolute atomic E-state index is 0.525. The molecule has 0 bridgehead atoms. The van der Waals surface area contributed by atoms with Gasteiger partial charge in [0, 0.05) is 27.6 Å². The lowest BCUT2D eigenvalue weighted by molar-refractivity contribution is 0.579. The lowest BCUT2D eigenvalue weighted by Gasteiger charge is -2.24. The fraction of sp³-hybridized carbons (Fsp3) is 0.0870. The van der Waals surface area contributed by atoms with E-state index in [0.29, 0.717) is 12.1 Å². The van der Waals surface area contributed by atoms with Crippen LogP contribution in [0.1, 0.15) is 21.6 Å². The largest absolute Gasteiger partial charge is 0.367 e. The molecule has 1 unspecified atom stereocenters. The normalized spacial score (nSPS) is 18.5. The molecule has 0 fully saturated rings. The third-order valence-electron chi connectivity index (χ3n) is 5.08. The van der Waals surface area contributed by atoms with Gasteiger partial charge in [0.1, 0.15) is 11.4 Å². The highest BCUT2D eigenvalue weighted by atomic mass is 32.1. The summed E-state index contributed by atoms with van der Waals surface area (Å²) >= 11 is 1.70. The van der Waals surface area contributed by atoms with Gasteiger partial charge in [0.05, 0.1) is 23.7 Å². The molecular weight excluding hydrogens is 364 g/mol. The molecule has 0 saturated carbocycles. The zero-order valence-electron chi connectivity index (χ0n) is 15.0. The summed E-state index contributed by atoms with van der Waals surface area (Å²) in [5.41, 5.74) is 3.06. The molecule has 5 rings (SSSR count). The van der Waals surface area contributed by atoms with Gasteiger partial charge in [0.25, 0.3) is 0 Å². The first kappa shape index (κ1) is 16.7. The molecule has 0 aliphatic carbocycles. The number of fused-ring (bicyclic) bond motifs is 1. The maximum absolute atomic E-state index is 9.22.